The Morgan fingerprint density at radius 2 is 1.70 bits per heavy atom. The standard InChI is InChI=1S/C16H30N4/c1-7-8-17-15-14(12(4)5)16(19-10-18-15)20-13(6)9-11(2)3/h10-13H,7-9H2,1-6H3,(H2,17,18,19,20). The molecule has 0 aliphatic carbocycles. The van der Waals surface area contributed by atoms with E-state index in [0.29, 0.717) is 17.9 Å². The minimum atomic E-state index is 0.393. The summed E-state index contributed by atoms with van der Waals surface area (Å²) < 4.78 is 0. The lowest BCUT2D eigenvalue weighted by molar-refractivity contribution is 0.538. The van der Waals surface area contributed by atoms with E-state index in [-0.39, 0.29) is 0 Å². The van der Waals surface area contributed by atoms with E-state index in [2.05, 4.69) is 62.1 Å². The van der Waals surface area contributed by atoms with Gasteiger partial charge < -0.3 is 10.6 Å². The van der Waals surface area contributed by atoms with Gasteiger partial charge in [-0.15, -0.1) is 0 Å². The summed E-state index contributed by atoms with van der Waals surface area (Å²) in [5.41, 5.74) is 1.19. The number of nitrogens with one attached hydrogen (secondary N) is 2. The van der Waals surface area contributed by atoms with Crippen LogP contribution in [0.5, 0.6) is 0 Å². The van der Waals surface area contributed by atoms with Crippen molar-refractivity contribution in [1.82, 2.24) is 9.97 Å². The summed E-state index contributed by atoms with van der Waals surface area (Å²) in [5.74, 6) is 3.02. The molecule has 0 aliphatic heterocycles. The largest absolute Gasteiger partial charge is 0.370 e. The molecule has 4 heteroatoms. The van der Waals surface area contributed by atoms with E-state index in [1.165, 1.54) is 5.56 Å². The summed E-state index contributed by atoms with van der Waals surface area (Å²) in [6.45, 7) is 14.2. The normalized spacial score (nSPS) is 12.8. The van der Waals surface area contributed by atoms with Crippen LogP contribution in [0.2, 0.25) is 0 Å². The molecule has 0 amide bonds. The van der Waals surface area contributed by atoms with Gasteiger partial charge in [0, 0.05) is 18.2 Å². The third kappa shape index (κ3) is 4.99. The molecule has 0 bridgehead atoms. The van der Waals surface area contributed by atoms with Gasteiger partial charge in [-0.25, -0.2) is 9.97 Å². The molecule has 0 saturated carbocycles. The highest BCUT2D eigenvalue weighted by atomic mass is 15.1. The van der Waals surface area contributed by atoms with Crippen molar-refractivity contribution < 1.29 is 0 Å². The van der Waals surface area contributed by atoms with Gasteiger partial charge in [0.15, 0.2) is 0 Å². The smallest absolute Gasteiger partial charge is 0.135 e. The van der Waals surface area contributed by atoms with Gasteiger partial charge in [0.05, 0.1) is 0 Å². The van der Waals surface area contributed by atoms with E-state index in [4.69, 9.17) is 0 Å². The molecule has 1 atom stereocenters. The number of nitrogens with zero attached hydrogens (tertiary/aromatic N) is 2. The van der Waals surface area contributed by atoms with Gasteiger partial charge in [-0.1, -0.05) is 34.6 Å². The van der Waals surface area contributed by atoms with Crippen LogP contribution in [0.1, 0.15) is 65.9 Å². The molecule has 1 rings (SSSR count). The fourth-order valence-electron chi connectivity index (χ4n) is 2.44. The predicted molar refractivity (Wildman–Crippen MR) is 87.4 cm³/mol. The molecule has 1 heterocycles. The highest BCUT2D eigenvalue weighted by Gasteiger charge is 2.16. The van der Waals surface area contributed by atoms with E-state index < -0.39 is 0 Å². The van der Waals surface area contributed by atoms with Gasteiger partial charge in [0.1, 0.15) is 18.0 Å². The molecule has 2 N–H and O–H groups in total. The molecule has 0 aliphatic rings. The third-order valence-electron chi connectivity index (χ3n) is 3.21. The molecular weight excluding hydrogens is 248 g/mol. The zero-order valence-corrected chi connectivity index (χ0v) is 13.8. The summed E-state index contributed by atoms with van der Waals surface area (Å²) in [5, 5.41) is 6.96. The Hall–Kier alpha value is -1.32. The molecular formula is C16H30N4. The molecule has 0 fully saturated rings. The fourth-order valence-corrected chi connectivity index (χ4v) is 2.44. The van der Waals surface area contributed by atoms with Crippen molar-refractivity contribution in [3.8, 4) is 0 Å². The molecule has 0 radical (unpaired) electrons. The van der Waals surface area contributed by atoms with Crippen LogP contribution in [0.3, 0.4) is 0 Å². The Labute approximate surface area is 123 Å². The van der Waals surface area contributed by atoms with Gasteiger partial charge in [0.25, 0.3) is 0 Å². The lowest BCUT2D eigenvalue weighted by Gasteiger charge is -2.22. The second kappa shape index (κ2) is 8.08. The van der Waals surface area contributed by atoms with Crippen molar-refractivity contribution in [2.24, 2.45) is 5.92 Å². The number of hydrogen-bond donors (Lipinski definition) is 2. The van der Waals surface area contributed by atoms with E-state index in [1.807, 2.05) is 0 Å². The van der Waals surface area contributed by atoms with Crippen molar-refractivity contribution in [1.29, 1.82) is 0 Å². The van der Waals surface area contributed by atoms with Crippen LogP contribution in [0, 0.1) is 5.92 Å². The lowest BCUT2D eigenvalue weighted by atomic mass is 10.0. The van der Waals surface area contributed by atoms with Crippen molar-refractivity contribution in [3.63, 3.8) is 0 Å². The highest BCUT2D eigenvalue weighted by Crippen LogP contribution is 2.29. The summed E-state index contributed by atoms with van der Waals surface area (Å²) in [6, 6.07) is 0.418. The molecule has 114 valence electrons. The van der Waals surface area contributed by atoms with Crippen LogP contribution < -0.4 is 10.6 Å². The zero-order valence-electron chi connectivity index (χ0n) is 13.8. The Balaban J connectivity index is 2.94. The Morgan fingerprint density at radius 1 is 1.05 bits per heavy atom. The molecule has 1 unspecified atom stereocenters. The van der Waals surface area contributed by atoms with E-state index in [0.717, 1.165) is 31.0 Å². The van der Waals surface area contributed by atoms with Gasteiger partial charge in [-0.3, -0.25) is 0 Å². The van der Waals surface area contributed by atoms with E-state index >= 15 is 0 Å². The van der Waals surface area contributed by atoms with Crippen LogP contribution >= 0.6 is 0 Å². The minimum Gasteiger partial charge on any atom is -0.370 e. The number of hydrogen-bond acceptors (Lipinski definition) is 4. The molecule has 4 nitrogen and oxygen atoms in total. The first-order valence-corrected chi connectivity index (χ1v) is 7.80. The van der Waals surface area contributed by atoms with Gasteiger partial charge >= 0.3 is 0 Å². The second-order valence-electron chi connectivity index (χ2n) is 6.24. The van der Waals surface area contributed by atoms with Crippen LogP contribution in [-0.2, 0) is 0 Å². The van der Waals surface area contributed by atoms with Crippen LogP contribution in [0.15, 0.2) is 6.33 Å². The molecule has 1 aromatic heterocycles. The maximum atomic E-state index is 4.45. The number of rotatable bonds is 8. The summed E-state index contributed by atoms with van der Waals surface area (Å²) >= 11 is 0. The quantitative estimate of drug-likeness (QED) is 0.745. The van der Waals surface area contributed by atoms with Crippen molar-refractivity contribution in [2.45, 2.75) is 66.3 Å². The predicted octanol–water partition coefficient (Wildman–Crippen LogP) is 4.27. The maximum absolute atomic E-state index is 4.45. The van der Waals surface area contributed by atoms with Crippen molar-refractivity contribution >= 4 is 11.6 Å². The average Bonchev–Trinajstić information content (AvgIpc) is 2.34. The first-order chi connectivity index (χ1) is 9.45. The zero-order chi connectivity index (χ0) is 15.1. The number of anilines is 2. The topological polar surface area (TPSA) is 49.8 Å². The van der Waals surface area contributed by atoms with Crippen LogP contribution in [0.4, 0.5) is 11.6 Å². The van der Waals surface area contributed by atoms with Gasteiger partial charge in [-0.05, 0) is 31.6 Å². The summed E-state index contributed by atoms with van der Waals surface area (Å²) in [7, 11) is 0. The molecule has 0 aromatic carbocycles. The first-order valence-electron chi connectivity index (χ1n) is 7.80. The average molecular weight is 278 g/mol. The maximum Gasteiger partial charge on any atom is 0.135 e. The second-order valence-corrected chi connectivity index (χ2v) is 6.24. The Kier molecular flexibility index (Phi) is 6.76. The Morgan fingerprint density at radius 3 is 2.25 bits per heavy atom. The Bertz CT molecular complexity index is 401. The summed E-state index contributed by atoms with van der Waals surface area (Å²) in [6.07, 6.45) is 3.88. The molecule has 1 aromatic rings. The SMILES string of the molecule is CCCNc1ncnc(NC(C)CC(C)C)c1C(C)C. The van der Waals surface area contributed by atoms with Crippen LogP contribution in [-0.4, -0.2) is 22.6 Å². The van der Waals surface area contributed by atoms with Crippen molar-refractivity contribution in [3.05, 3.63) is 11.9 Å². The fraction of sp³-hybridized carbons (Fsp3) is 0.750. The van der Waals surface area contributed by atoms with E-state index in [1.54, 1.807) is 6.33 Å². The minimum absolute atomic E-state index is 0.393. The summed E-state index contributed by atoms with van der Waals surface area (Å²) in [4.78, 5) is 8.86. The molecule has 20 heavy (non-hydrogen) atoms. The van der Waals surface area contributed by atoms with Gasteiger partial charge in [-0.2, -0.15) is 0 Å². The monoisotopic (exact) mass is 278 g/mol. The lowest BCUT2D eigenvalue weighted by Crippen LogP contribution is -2.20. The number of aromatic nitrogens is 2. The molecule has 0 spiro atoms. The van der Waals surface area contributed by atoms with Gasteiger partial charge in [0.2, 0.25) is 0 Å². The highest BCUT2D eigenvalue weighted by molar-refractivity contribution is 5.59. The van der Waals surface area contributed by atoms with Crippen LogP contribution in [0.25, 0.3) is 0 Å². The first kappa shape index (κ1) is 16.7. The van der Waals surface area contributed by atoms with Crippen molar-refractivity contribution in [2.75, 3.05) is 17.2 Å². The van der Waals surface area contributed by atoms with E-state index in [9.17, 15) is 0 Å². The molecule has 0 saturated heterocycles. The third-order valence-corrected chi connectivity index (χ3v) is 3.21.